The highest BCUT2D eigenvalue weighted by atomic mass is 19.1. The Morgan fingerprint density at radius 3 is 2.67 bits per heavy atom. The highest BCUT2D eigenvalue weighted by Gasteiger charge is 2.09. The highest BCUT2D eigenvalue weighted by Crippen LogP contribution is 2.18. The van der Waals surface area contributed by atoms with Crippen molar-refractivity contribution in [3.05, 3.63) is 59.9 Å². The monoisotopic (exact) mass is 283 g/mol. The first-order valence-corrected chi connectivity index (χ1v) is 6.59. The van der Waals surface area contributed by atoms with Crippen LogP contribution in [0.1, 0.15) is 5.56 Å². The molecular formula is C15H14FN5. The Morgan fingerprint density at radius 2 is 1.90 bits per heavy atom. The molecule has 0 radical (unpaired) electrons. The summed E-state index contributed by atoms with van der Waals surface area (Å²) >= 11 is 0. The molecule has 0 amide bonds. The summed E-state index contributed by atoms with van der Waals surface area (Å²) in [6, 6.07) is 13.9. The topological polar surface area (TPSA) is 69.6 Å². The molecular weight excluding hydrogens is 269 g/mol. The largest absolute Gasteiger partial charge is 0.399 e. The fourth-order valence-corrected chi connectivity index (χ4v) is 2.13. The van der Waals surface area contributed by atoms with Crippen LogP contribution in [0.2, 0.25) is 0 Å². The van der Waals surface area contributed by atoms with Crippen LogP contribution < -0.4 is 5.73 Å². The Bertz CT molecular complexity index is 736. The number of hydrogen-bond acceptors (Lipinski definition) is 4. The zero-order valence-electron chi connectivity index (χ0n) is 11.3. The second-order valence-electron chi connectivity index (χ2n) is 4.73. The van der Waals surface area contributed by atoms with Crippen molar-refractivity contribution in [3.8, 4) is 11.4 Å². The van der Waals surface area contributed by atoms with E-state index >= 15 is 0 Å². The SMILES string of the molecule is Nc1cccc(-c2nnnn2CCc2ccc(F)cc2)c1. The molecule has 0 fully saturated rings. The van der Waals surface area contributed by atoms with Crippen molar-refractivity contribution in [1.29, 1.82) is 0 Å². The normalized spacial score (nSPS) is 10.7. The van der Waals surface area contributed by atoms with Gasteiger partial charge in [-0.15, -0.1) is 5.10 Å². The molecule has 1 heterocycles. The number of nitrogens with two attached hydrogens (primary N) is 1. The van der Waals surface area contributed by atoms with Gasteiger partial charge in [-0.3, -0.25) is 0 Å². The predicted molar refractivity (Wildman–Crippen MR) is 77.8 cm³/mol. The highest BCUT2D eigenvalue weighted by molar-refractivity contribution is 5.60. The molecule has 0 bridgehead atoms. The first kappa shape index (κ1) is 13.2. The molecule has 0 unspecified atom stereocenters. The Balaban J connectivity index is 1.78. The van der Waals surface area contributed by atoms with Crippen molar-refractivity contribution in [2.24, 2.45) is 0 Å². The lowest BCUT2D eigenvalue weighted by molar-refractivity contribution is 0.591. The van der Waals surface area contributed by atoms with E-state index < -0.39 is 0 Å². The van der Waals surface area contributed by atoms with Crippen LogP contribution in [0.5, 0.6) is 0 Å². The number of nitrogen functional groups attached to an aromatic ring is 1. The number of rotatable bonds is 4. The molecule has 3 aromatic rings. The molecule has 6 heteroatoms. The fourth-order valence-electron chi connectivity index (χ4n) is 2.13. The molecule has 0 spiro atoms. The molecule has 0 atom stereocenters. The predicted octanol–water partition coefficient (Wildman–Crippen LogP) is 2.30. The minimum absolute atomic E-state index is 0.235. The molecule has 0 saturated heterocycles. The Kier molecular flexibility index (Phi) is 3.59. The molecule has 3 rings (SSSR count). The van der Waals surface area contributed by atoms with Gasteiger partial charge in [-0.05, 0) is 46.7 Å². The summed E-state index contributed by atoms with van der Waals surface area (Å²) in [5, 5.41) is 11.8. The van der Waals surface area contributed by atoms with Gasteiger partial charge in [-0.25, -0.2) is 9.07 Å². The van der Waals surface area contributed by atoms with E-state index in [2.05, 4.69) is 15.5 Å². The van der Waals surface area contributed by atoms with Crippen molar-refractivity contribution in [2.45, 2.75) is 13.0 Å². The van der Waals surface area contributed by atoms with E-state index in [0.717, 1.165) is 17.5 Å². The van der Waals surface area contributed by atoms with Crippen molar-refractivity contribution in [3.63, 3.8) is 0 Å². The average Bonchev–Trinajstić information content (AvgIpc) is 2.95. The smallest absolute Gasteiger partial charge is 0.182 e. The summed E-state index contributed by atoms with van der Waals surface area (Å²) in [6.45, 7) is 0.614. The second kappa shape index (κ2) is 5.70. The molecule has 2 aromatic carbocycles. The third kappa shape index (κ3) is 3.05. The minimum atomic E-state index is -0.235. The number of anilines is 1. The maximum atomic E-state index is 12.9. The number of aryl methyl sites for hydroxylation is 2. The molecule has 1 aromatic heterocycles. The van der Waals surface area contributed by atoms with Gasteiger partial charge in [-0.1, -0.05) is 24.3 Å². The van der Waals surface area contributed by atoms with E-state index in [9.17, 15) is 4.39 Å². The number of aromatic nitrogens is 4. The Hall–Kier alpha value is -2.76. The lowest BCUT2D eigenvalue weighted by atomic mass is 10.1. The maximum Gasteiger partial charge on any atom is 0.182 e. The van der Waals surface area contributed by atoms with Gasteiger partial charge in [-0.2, -0.15) is 0 Å². The summed E-state index contributed by atoms with van der Waals surface area (Å²) in [7, 11) is 0. The summed E-state index contributed by atoms with van der Waals surface area (Å²) in [5.41, 5.74) is 8.35. The van der Waals surface area contributed by atoms with E-state index in [1.54, 1.807) is 16.8 Å². The Morgan fingerprint density at radius 1 is 1.10 bits per heavy atom. The summed E-state index contributed by atoms with van der Waals surface area (Å²) in [6.07, 6.45) is 0.723. The number of benzene rings is 2. The van der Waals surface area contributed by atoms with Gasteiger partial charge in [0.15, 0.2) is 5.82 Å². The average molecular weight is 283 g/mol. The lowest BCUT2D eigenvalue weighted by Gasteiger charge is -2.05. The number of tetrazole rings is 1. The zero-order chi connectivity index (χ0) is 14.7. The van der Waals surface area contributed by atoms with Crippen LogP contribution in [-0.2, 0) is 13.0 Å². The van der Waals surface area contributed by atoms with Crippen LogP contribution in [0.4, 0.5) is 10.1 Å². The third-order valence-corrected chi connectivity index (χ3v) is 3.20. The number of halogens is 1. The van der Waals surface area contributed by atoms with Gasteiger partial charge in [0.25, 0.3) is 0 Å². The van der Waals surface area contributed by atoms with Crippen molar-refractivity contribution >= 4 is 5.69 Å². The van der Waals surface area contributed by atoms with Gasteiger partial charge >= 0.3 is 0 Å². The van der Waals surface area contributed by atoms with Crippen molar-refractivity contribution in [2.75, 3.05) is 5.73 Å². The first-order valence-electron chi connectivity index (χ1n) is 6.59. The summed E-state index contributed by atoms with van der Waals surface area (Å²) in [4.78, 5) is 0. The van der Waals surface area contributed by atoms with Gasteiger partial charge in [0, 0.05) is 17.8 Å². The summed E-state index contributed by atoms with van der Waals surface area (Å²) in [5.74, 6) is 0.436. The fraction of sp³-hybridized carbons (Fsp3) is 0.133. The van der Waals surface area contributed by atoms with E-state index in [4.69, 9.17) is 5.73 Å². The maximum absolute atomic E-state index is 12.9. The van der Waals surface area contributed by atoms with Crippen molar-refractivity contribution in [1.82, 2.24) is 20.2 Å². The van der Waals surface area contributed by atoms with E-state index in [-0.39, 0.29) is 5.82 Å². The molecule has 0 saturated carbocycles. The van der Waals surface area contributed by atoms with Crippen LogP contribution in [-0.4, -0.2) is 20.2 Å². The molecule has 5 nitrogen and oxygen atoms in total. The molecule has 0 aliphatic heterocycles. The third-order valence-electron chi connectivity index (χ3n) is 3.20. The van der Waals surface area contributed by atoms with Crippen LogP contribution in [0.25, 0.3) is 11.4 Å². The van der Waals surface area contributed by atoms with Gasteiger partial charge in [0.05, 0.1) is 0 Å². The van der Waals surface area contributed by atoms with Crippen LogP contribution in [0, 0.1) is 5.82 Å². The first-order chi connectivity index (χ1) is 10.2. The van der Waals surface area contributed by atoms with E-state index in [0.29, 0.717) is 18.1 Å². The second-order valence-corrected chi connectivity index (χ2v) is 4.73. The van der Waals surface area contributed by atoms with Crippen LogP contribution in [0.15, 0.2) is 48.5 Å². The van der Waals surface area contributed by atoms with Crippen LogP contribution in [0.3, 0.4) is 0 Å². The van der Waals surface area contributed by atoms with Gasteiger partial charge in [0.1, 0.15) is 5.82 Å². The van der Waals surface area contributed by atoms with Gasteiger partial charge < -0.3 is 5.73 Å². The molecule has 21 heavy (non-hydrogen) atoms. The standard InChI is InChI=1S/C15H14FN5/c16-13-6-4-11(5-7-13)8-9-21-15(18-19-20-21)12-2-1-3-14(17)10-12/h1-7,10H,8-9,17H2. The molecule has 106 valence electrons. The van der Waals surface area contributed by atoms with E-state index in [1.807, 2.05) is 24.3 Å². The molecule has 2 N–H and O–H groups in total. The summed E-state index contributed by atoms with van der Waals surface area (Å²) < 4.78 is 14.6. The zero-order valence-corrected chi connectivity index (χ0v) is 11.3. The van der Waals surface area contributed by atoms with E-state index in [1.165, 1.54) is 12.1 Å². The quantitative estimate of drug-likeness (QED) is 0.746. The van der Waals surface area contributed by atoms with Gasteiger partial charge in [0.2, 0.25) is 0 Å². The number of nitrogens with zero attached hydrogens (tertiary/aromatic N) is 4. The Labute approximate surface area is 121 Å². The molecule has 0 aliphatic rings. The van der Waals surface area contributed by atoms with Crippen molar-refractivity contribution < 1.29 is 4.39 Å². The lowest BCUT2D eigenvalue weighted by Crippen LogP contribution is -2.06. The van der Waals surface area contributed by atoms with Crippen LogP contribution >= 0.6 is 0 Å². The minimum Gasteiger partial charge on any atom is -0.399 e. The number of hydrogen-bond donors (Lipinski definition) is 1. The molecule has 0 aliphatic carbocycles.